The topological polar surface area (TPSA) is 27.7 Å². The van der Waals surface area contributed by atoms with Crippen molar-refractivity contribution in [3.8, 4) is 0 Å². The van der Waals surface area contributed by atoms with Gasteiger partial charge >= 0.3 is 0 Å². The van der Waals surface area contributed by atoms with E-state index in [2.05, 4.69) is 52.9 Å². The number of hydrogen-bond donors (Lipinski definition) is 0. The fraction of sp³-hybridized carbons (Fsp3) is 0.875. The minimum absolute atomic E-state index is 0.0711. The molecule has 0 radical (unpaired) electrons. The maximum absolute atomic E-state index is 6.48. The highest BCUT2D eigenvalue weighted by Crippen LogP contribution is 2.46. The Bertz CT molecular complexity index is 408. The van der Waals surface area contributed by atoms with E-state index in [1.54, 1.807) is 0 Å². The van der Waals surface area contributed by atoms with E-state index in [0.717, 1.165) is 6.42 Å². The summed E-state index contributed by atoms with van der Waals surface area (Å²) < 4.78 is 18.6. The Labute approximate surface area is 124 Å². The molecule has 1 aliphatic carbocycles. The van der Waals surface area contributed by atoms with E-state index in [1.165, 1.54) is 0 Å². The van der Waals surface area contributed by atoms with Crippen molar-refractivity contribution in [1.29, 1.82) is 0 Å². The molecule has 0 saturated carbocycles. The monoisotopic (exact) mass is 298 g/mol. The smallest absolute Gasteiger partial charge is 0.192 e. The van der Waals surface area contributed by atoms with Gasteiger partial charge < -0.3 is 13.9 Å². The molecular formula is C16H30O3Si. The largest absolute Gasteiger partial charge is 0.410 e. The maximum Gasteiger partial charge on any atom is 0.192 e. The molecule has 0 amide bonds. The average Bonchev–Trinajstić information content (AvgIpc) is 2.67. The van der Waals surface area contributed by atoms with Crippen LogP contribution >= 0.6 is 0 Å². The molecule has 1 aliphatic heterocycles. The third kappa shape index (κ3) is 2.89. The highest BCUT2D eigenvalue weighted by atomic mass is 28.4. The lowest BCUT2D eigenvalue weighted by atomic mass is 9.97. The first-order valence-corrected chi connectivity index (χ1v) is 10.5. The molecule has 3 nitrogen and oxygen atoms in total. The SMILES string of the molecule is C[C@H]1OC(C)(C)O[C@]12C=C[C@@H](O[Si](C)(C)C(C)(C)C)C2. The summed E-state index contributed by atoms with van der Waals surface area (Å²) in [6.45, 7) is 17.5. The van der Waals surface area contributed by atoms with Crippen molar-refractivity contribution in [3.63, 3.8) is 0 Å². The van der Waals surface area contributed by atoms with E-state index < -0.39 is 14.1 Å². The van der Waals surface area contributed by atoms with E-state index >= 15 is 0 Å². The van der Waals surface area contributed by atoms with Gasteiger partial charge in [0.05, 0.1) is 12.2 Å². The lowest BCUT2D eigenvalue weighted by molar-refractivity contribution is -0.156. The lowest BCUT2D eigenvalue weighted by Gasteiger charge is -2.38. The molecule has 0 unspecified atom stereocenters. The van der Waals surface area contributed by atoms with Crippen molar-refractivity contribution in [2.45, 2.75) is 89.7 Å². The molecule has 1 fully saturated rings. The van der Waals surface area contributed by atoms with Crippen molar-refractivity contribution >= 4 is 8.32 Å². The van der Waals surface area contributed by atoms with Gasteiger partial charge in [0.25, 0.3) is 0 Å². The Hall–Kier alpha value is -0.163. The van der Waals surface area contributed by atoms with Crippen LogP contribution in [0.2, 0.25) is 18.1 Å². The van der Waals surface area contributed by atoms with Crippen LogP contribution in [0.5, 0.6) is 0 Å². The van der Waals surface area contributed by atoms with Crippen LogP contribution in [0.1, 0.15) is 48.0 Å². The minimum Gasteiger partial charge on any atom is -0.410 e. The molecule has 20 heavy (non-hydrogen) atoms. The number of rotatable bonds is 2. The fourth-order valence-corrected chi connectivity index (χ4v) is 4.10. The van der Waals surface area contributed by atoms with E-state index in [-0.39, 0.29) is 22.8 Å². The highest BCUT2D eigenvalue weighted by Gasteiger charge is 2.53. The van der Waals surface area contributed by atoms with Gasteiger partial charge in [-0.05, 0) is 38.9 Å². The minimum atomic E-state index is -1.74. The average molecular weight is 298 g/mol. The van der Waals surface area contributed by atoms with Crippen molar-refractivity contribution in [3.05, 3.63) is 12.2 Å². The van der Waals surface area contributed by atoms with Crippen LogP contribution in [0.3, 0.4) is 0 Å². The summed E-state index contributed by atoms with van der Waals surface area (Å²) in [5.41, 5.74) is -0.309. The second kappa shape index (κ2) is 4.67. The summed E-state index contributed by atoms with van der Waals surface area (Å²) in [6.07, 6.45) is 5.41. The summed E-state index contributed by atoms with van der Waals surface area (Å²) in [5.74, 6) is -0.504. The van der Waals surface area contributed by atoms with Crippen molar-refractivity contribution in [1.82, 2.24) is 0 Å². The zero-order valence-corrected chi connectivity index (χ0v) is 15.2. The van der Waals surface area contributed by atoms with Gasteiger partial charge in [-0.1, -0.05) is 32.9 Å². The van der Waals surface area contributed by atoms with E-state index in [9.17, 15) is 0 Å². The zero-order chi connectivity index (χ0) is 15.4. The van der Waals surface area contributed by atoms with Crippen LogP contribution in [-0.2, 0) is 13.9 Å². The Kier molecular flexibility index (Phi) is 3.78. The molecule has 0 N–H and O–H groups in total. The molecule has 1 heterocycles. The summed E-state index contributed by atoms with van der Waals surface area (Å²) in [6, 6.07) is 0. The Morgan fingerprint density at radius 3 is 2.30 bits per heavy atom. The van der Waals surface area contributed by atoms with Crippen LogP contribution in [0, 0.1) is 0 Å². The van der Waals surface area contributed by atoms with Gasteiger partial charge in [-0.15, -0.1) is 0 Å². The van der Waals surface area contributed by atoms with Gasteiger partial charge in [-0.3, -0.25) is 0 Å². The predicted molar refractivity (Wildman–Crippen MR) is 84.3 cm³/mol. The van der Waals surface area contributed by atoms with Crippen LogP contribution < -0.4 is 0 Å². The molecule has 3 atom stereocenters. The summed E-state index contributed by atoms with van der Waals surface area (Å²) >= 11 is 0. The van der Waals surface area contributed by atoms with E-state index in [4.69, 9.17) is 13.9 Å². The second-order valence-electron chi connectivity index (χ2n) is 8.20. The first kappa shape index (κ1) is 16.2. The third-order valence-corrected chi connectivity index (χ3v) is 9.45. The fourth-order valence-electron chi connectivity index (χ4n) is 2.82. The first-order valence-electron chi connectivity index (χ1n) is 7.62. The Morgan fingerprint density at radius 2 is 1.85 bits per heavy atom. The molecule has 0 bridgehead atoms. The normalized spacial score (nSPS) is 37.0. The molecule has 2 aliphatic rings. The number of hydrogen-bond acceptors (Lipinski definition) is 3. The van der Waals surface area contributed by atoms with Crippen molar-refractivity contribution in [2.24, 2.45) is 0 Å². The first-order chi connectivity index (χ1) is 8.87. The number of ether oxygens (including phenoxy) is 2. The van der Waals surface area contributed by atoms with E-state index in [1.807, 2.05) is 13.8 Å². The van der Waals surface area contributed by atoms with Gasteiger partial charge in [0.1, 0.15) is 5.60 Å². The van der Waals surface area contributed by atoms with Crippen LogP contribution in [-0.4, -0.2) is 31.9 Å². The summed E-state index contributed by atoms with van der Waals surface area (Å²) in [7, 11) is -1.74. The summed E-state index contributed by atoms with van der Waals surface area (Å²) in [5, 5.41) is 0.231. The van der Waals surface area contributed by atoms with Crippen LogP contribution in [0.25, 0.3) is 0 Å². The molecule has 2 rings (SSSR count). The van der Waals surface area contributed by atoms with Crippen LogP contribution in [0.15, 0.2) is 12.2 Å². The Balaban J connectivity index is 2.06. The molecule has 116 valence electrons. The molecule has 0 aromatic carbocycles. The van der Waals surface area contributed by atoms with Gasteiger partial charge in [0, 0.05) is 6.42 Å². The Morgan fingerprint density at radius 1 is 1.25 bits per heavy atom. The quantitative estimate of drug-likeness (QED) is 0.563. The third-order valence-electron chi connectivity index (χ3n) is 4.95. The molecule has 1 spiro atoms. The van der Waals surface area contributed by atoms with Crippen molar-refractivity contribution in [2.75, 3.05) is 0 Å². The second-order valence-corrected chi connectivity index (χ2v) is 13.0. The molecular weight excluding hydrogens is 268 g/mol. The summed E-state index contributed by atoms with van der Waals surface area (Å²) in [4.78, 5) is 0. The highest BCUT2D eigenvalue weighted by molar-refractivity contribution is 6.74. The molecule has 0 aromatic heterocycles. The van der Waals surface area contributed by atoms with E-state index in [0.29, 0.717) is 0 Å². The molecule has 1 saturated heterocycles. The van der Waals surface area contributed by atoms with Gasteiger partial charge in [-0.2, -0.15) is 0 Å². The predicted octanol–water partition coefficient (Wildman–Crippen LogP) is 4.25. The van der Waals surface area contributed by atoms with Crippen LogP contribution in [0.4, 0.5) is 0 Å². The van der Waals surface area contributed by atoms with Gasteiger partial charge in [-0.25, -0.2) is 0 Å². The van der Waals surface area contributed by atoms with Gasteiger partial charge in [0.15, 0.2) is 14.1 Å². The maximum atomic E-state index is 6.48. The zero-order valence-electron chi connectivity index (χ0n) is 14.2. The molecule has 0 aromatic rings. The molecule has 4 heteroatoms. The van der Waals surface area contributed by atoms with Gasteiger partial charge in [0.2, 0.25) is 0 Å². The lowest BCUT2D eigenvalue weighted by Crippen LogP contribution is -2.45. The van der Waals surface area contributed by atoms with Crippen molar-refractivity contribution < 1.29 is 13.9 Å². The standard InChI is InChI=1S/C16H30O3Si/c1-12-16(19-15(5,6)17-12)10-9-13(11-16)18-20(7,8)14(2,3)4/h9-10,12-13H,11H2,1-8H3/t12-,13-,16+/m1/s1.